The second-order valence-corrected chi connectivity index (χ2v) is 8.74. The smallest absolute Gasteiger partial charge is 0.290 e. The van der Waals surface area contributed by atoms with Crippen LogP contribution in [0, 0.1) is 0 Å². The normalized spacial score (nSPS) is 12.0. The molecule has 0 aliphatic heterocycles. The lowest BCUT2D eigenvalue weighted by atomic mass is 10.1. The number of amides is 1. The zero-order chi connectivity index (χ0) is 25.5. The number of hydrogen-bond donors (Lipinski definition) is 0. The van der Waals surface area contributed by atoms with E-state index < -0.39 is 6.04 Å². The van der Waals surface area contributed by atoms with Gasteiger partial charge in [0, 0.05) is 6.54 Å². The lowest BCUT2D eigenvalue weighted by Gasteiger charge is -2.30. The average Bonchev–Trinajstić information content (AvgIpc) is 3.44. The summed E-state index contributed by atoms with van der Waals surface area (Å²) >= 11 is 0. The number of nitrogens with zero attached hydrogens (tertiary/aromatic N) is 3. The van der Waals surface area contributed by atoms with Crippen molar-refractivity contribution < 1.29 is 13.9 Å². The highest BCUT2D eigenvalue weighted by molar-refractivity contribution is 5.91. The first-order chi connectivity index (χ1) is 17.6. The van der Waals surface area contributed by atoms with Crippen molar-refractivity contribution >= 4 is 16.8 Å². The molecule has 1 amide bonds. The van der Waals surface area contributed by atoms with Crippen LogP contribution in [0.2, 0.25) is 0 Å². The van der Waals surface area contributed by atoms with Gasteiger partial charge in [0.2, 0.25) is 0 Å². The van der Waals surface area contributed by atoms with E-state index in [0.29, 0.717) is 41.3 Å². The molecule has 0 aliphatic carbocycles. The van der Waals surface area contributed by atoms with Gasteiger partial charge in [0.25, 0.3) is 11.5 Å². The Balaban J connectivity index is 1.88. The minimum absolute atomic E-state index is 0.203. The van der Waals surface area contributed by atoms with Crippen molar-refractivity contribution in [3.8, 4) is 11.4 Å². The highest BCUT2D eigenvalue weighted by atomic mass is 16.5. The second kappa shape index (κ2) is 11.7. The largest absolute Gasteiger partial charge is 0.492 e. The predicted molar refractivity (Wildman–Crippen MR) is 141 cm³/mol. The average molecular weight is 488 g/mol. The standard InChI is InChI=1S/C29H33N3O4/c1-4-6-7-12-19-31(29(34)26-18-13-20-36-26)21(3)27-30-23-15-9-8-14-22(23)28(33)32(27)24-16-10-11-17-25(24)35-5-2/h8-11,13-18,20-21H,4-7,12,19H2,1-3H3. The molecule has 7 nitrogen and oxygen atoms in total. The molecule has 0 spiro atoms. The molecule has 7 heteroatoms. The molecule has 0 radical (unpaired) electrons. The third-order valence-electron chi connectivity index (χ3n) is 6.29. The number of carbonyl (C=O) groups is 1. The zero-order valence-electron chi connectivity index (χ0n) is 21.1. The third-order valence-corrected chi connectivity index (χ3v) is 6.29. The molecule has 1 unspecified atom stereocenters. The van der Waals surface area contributed by atoms with Crippen LogP contribution < -0.4 is 10.3 Å². The summed E-state index contributed by atoms with van der Waals surface area (Å²) in [4.78, 5) is 34.1. The maximum absolute atomic E-state index is 13.9. The number of benzene rings is 2. The Labute approximate surface area is 211 Å². The van der Waals surface area contributed by atoms with Gasteiger partial charge < -0.3 is 14.1 Å². The molecule has 0 N–H and O–H groups in total. The van der Waals surface area contributed by atoms with Gasteiger partial charge in [-0.1, -0.05) is 50.5 Å². The molecule has 0 fully saturated rings. The molecule has 4 rings (SSSR count). The van der Waals surface area contributed by atoms with Crippen molar-refractivity contribution in [3.63, 3.8) is 0 Å². The van der Waals surface area contributed by atoms with Crippen LogP contribution in [-0.4, -0.2) is 33.5 Å². The lowest BCUT2D eigenvalue weighted by Crippen LogP contribution is -2.38. The molecular weight excluding hydrogens is 454 g/mol. The molecule has 36 heavy (non-hydrogen) atoms. The van der Waals surface area contributed by atoms with Crippen LogP contribution in [0.25, 0.3) is 16.6 Å². The molecule has 4 aromatic rings. The highest BCUT2D eigenvalue weighted by Crippen LogP contribution is 2.29. The van der Waals surface area contributed by atoms with E-state index in [9.17, 15) is 9.59 Å². The topological polar surface area (TPSA) is 77.6 Å². The molecular formula is C29H33N3O4. The minimum Gasteiger partial charge on any atom is -0.492 e. The van der Waals surface area contributed by atoms with Crippen molar-refractivity contribution in [1.29, 1.82) is 0 Å². The summed E-state index contributed by atoms with van der Waals surface area (Å²) in [5, 5.41) is 0.506. The second-order valence-electron chi connectivity index (χ2n) is 8.74. The maximum Gasteiger partial charge on any atom is 0.290 e. The van der Waals surface area contributed by atoms with E-state index in [0.717, 1.165) is 25.7 Å². The van der Waals surface area contributed by atoms with E-state index in [2.05, 4.69) is 6.92 Å². The van der Waals surface area contributed by atoms with Crippen LogP contribution >= 0.6 is 0 Å². The molecule has 0 bridgehead atoms. The van der Waals surface area contributed by atoms with Gasteiger partial charge in [0.05, 0.1) is 35.5 Å². The highest BCUT2D eigenvalue weighted by Gasteiger charge is 2.29. The lowest BCUT2D eigenvalue weighted by molar-refractivity contribution is 0.0644. The first kappa shape index (κ1) is 25.2. The summed E-state index contributed by atoms with van der Waals surface area (Å²) in [6.45, 7) is 6.95. The van der Waals surface area contributed by atoms with Crippen molar-refractivity contribution in [2.75, 3.05) is 13.2 Å². The number of para-hydroxylation sites is 3. The Morgan fingerprint density at radius 3 is 2.56 bits per heavy atom. The first-order valence-corrected chi connectivity index (χ1v) is 12.6. The molecule has 0 aliphatic rings. The van der Waals surface area contributed by atoms with E-state index in [4.69, 9.17) is 14.1 Å². The van der Waals surface area contributed by atoms with Crippen molar-refractivity contribution in [2.24, 2.45) is 0 Å². The molecule has 2 aromatic carbocycles. The quantitative estimate of drug-likeness (QED) is 0.237. The Kier molecular flexibility index (Phi) is 8.21. The fraction of sp³-hybridized carbons (Fsp3) is 0.345. The Morgan fingerprint density at radius 2 is 1.81 bits per heavy atom. The van der Waals surface area contributed by atoms with Gasteiger partial charge in [-0.3, -0.25) is 14.2 Å². The summed E-state index contributed by atoms with van der Waals surface area (Å²) in [5.41, 5.74) is 0.984. The van der Waals surface area contributed by atoms with Crippen molar-refractivity contribution in [3.05, 3.63) is 88.9 Å². The third kappa shape index (κ3) is 5.20. The van der Waals surface area contributed by atoms with Crippen LogP contribution in [0.1, 0.15) is 68.9 Å². The fourth-order valence-corrected chi connectivity index (χ4v) is 4.44. The number of rotatable bonds is 11. The minimum atomic E-state index is -0.504. The van der Waals surface area contributed by atoms with Gasteiger partial charge in [-0.15, -0.1) is 0 Å². The molecule has 0 saturated heterocycles. The summed E-state index contributed by atoms with van der Waals surface area (Å²) in [5.74, 6) is 1.10. The maximum atomic E-state index is 13.9. The number of aromatic nitrogens is 2. The van der Waals surface area contributed by atoms with E-state index in [-0.39, 0.29) is 17.2 Å². The van der Waals surface area contributed by atoms with E-state index in [1.54, 1.807) is 27.7 Å². The van der Waals surface area contributed by atoms with Gasteiger partial charge >= 0.3 is 0 Å². The van der Waals surface area contributed by atoms with Crippen LogP contribution in [0.3, 0.4) is 0 Å². The van der Waals surface area contributed by atoms with Gasteiger partial charge in [-0.05, 0) is 56.7 Å². The molecule has 0 saturated carbocycles. The van der Waals surface area contributed by atoms with Gasteiger partial charge in [0.15, 0.2) is 5.76 Å². The molecule has 2 heterocycles. The monoisotopic (exact) mass is 487 g/mol. The molecule has 188 valence electrons. The molecule has 1 atom stereocenters. The van der Waals surface area contributed by atoms with Crippen LogP contribution in [0.15, 0.2) is 76.1 Å². The SMILES string of the molecule is CCCCCCN(C(=O)c1ccco1)C(C)c1nc2ccccc2c(=O)n1-c1ccccc1OCC. The summed E-state index contributed by atoms with van der Waals surface area (Å²) in [6, 6.07) is 17.6. The number of hydrogen-bond acceptors (Lipinski definition) is 5. The van der Waals surface area contributed by atoms with Crippen LogP contribution in [-0.2, 0) is 0 Å². The Bertz CT molecular complexity index is 1360. The number of ether oxygens (including phenoxy) is 1. The van der Waals surface area contributed by atoms with E-state index in [1.807, 2.05) is 56.3 Å². The van der Waals surface area contributed by atoms with Crippen molar-refractivity contribution in [1.82, 2.24) is 14.5 Å². The van der Waals surface area contributed by atoms with Crippen LogP contribution in [0.4, 0.5) is 0 Å². The molecule has 2 aromatic heterocycles. The first-order valence-electron chi connectivity index (χ1n) is 12.6. The Hall–Kier alpha value is -3.87. The predicted octanol–water partition coefficient (Wildman–Crippen LogP) is 6.16. The summed E-state index contributed by atoms with van der Waals surface area (Å²) in [6.07, 6.45) is 5.55. The van der Waals surface area contributed by atoms with Crippen LogP contribution in [0.5, 0.6) is 5.75 Å². The van der Waals surface area contributed by atoms with Gasteiger partial charge in [-0.2, -0.15) is 0 Å². The van der Waals surface area contributed by atoms with Crippen molar-refractivity contribution in [2.45, 2.75) is 52.5 Å². The van der Waals surface area contributed by atoms with Gasteiger partial charge in [0.1, 0.15) is 11.6 Å². The summed E-state index contributed by atoms with van der Waals surface area (Å²) < 4.78 is 12.9. The number of carbonyl (C=O) groups excluding carboxylic acids is 1. The number of unbranched alkanes of at least 4 members (excludes halogenated alkanes) is 3. The summed E-state index contributed by atoms with van der Waals surface area (Å²) in [7, 11) is 0. The zero-order valence-corrected chi connectivity index (χ0v) is 21.1. The van der Waals surface area contributed by atoms with E-state index in [1.165, 1.54) is 6.26 Å². The Morgan fingerprint density at radius 1 is 1.03 bits per heavy atom. The fourth-order valence-electron chi connectivity index (χ4n) is 4.44. The number of fused-ring (bicyclic) bond motifs is 1. The van der Waals surface area contributed by atoms with Gasteiger partial charge in [-0.25, -0.2) is 4.98 Å². The van der Waals surface area contributed by atoms with E-state index >= 15 is 0 Å². The number of furan rings is 1.